The van der Waals surface area contributed by atoms with E-state index in [0.29, 0.717) is 5.82 Å². The summed E-state index contributed by atoms with van der Waals surface area (Å²) in [5.74, 6) is 0.713. The summed E-state index contributed by atoms with van der Waals surface area (Å²) < 4.78 is 2.59. The number of para-hydroxylation sites is 1. The predicted molar refractivity (Wildman–Crippen MR) is 212 cm³/mol. The van der Waals surface area contributed by atoms with Crippen molar-refractivity contribution in [3.63, 3.8) is 0 Å². The lowest BCUT2D eigenvalue weighted by atomic mass is 9.89. The first-order valence-corrected chi connectivity index (χ1v) is 17.7. The van der Waals surface area contributed by atoms with Gasteiger partial charge in [-0.05, 0) is 76.3 Å². The Bertz CT molecular complexity index is 3010. The van der Waals surface area contributed by atoms with Gasteiger partial charge in [0.1, 0.15) is 0 Å². The van der Waals surface area contributed by atoms with Gasteiger partial charge in [-0.1, -0.05) is 109 Å². The van der Waals surface area contributed by atoms with Gasteiger partial charge in [0.25, 0.3) is 0 Å². The average molecular weight is 654 g/mol. The molecule has 0 aliphatic carbocycles. The highest BCUT2D eigenvalue weighted by Crippen LogP contribution is 2.52. The fraction of sp³-hybridized carbons (Fsp3) is 0. The molecule has 0 radical (unpaired) electrons. The van der Waals surface area contributed by atoms with Gasteiger partial charge in [-0.3, -0.25) is 0 Å². The van der Waals surface area contributed by atoms with Gasteiger partial charge < -0.3 is 4.90 Å². The van der Waals surface area contributed by atoms with Crippen molar-refractivity contribution in [2.24, 2.45) is 0 Å². The smallest absolute Gasteiger partial charge is 0.160 e. The first-order chi connectivity index (χ1) is 24.8. The Morgan fingerprint density at radius 2 is 1.18 bits per heavy atom. The van der Waals surface area contributed by atoms with Crippen molar-refractivity contribution >= 4 is 81.0 Å². The summed E-state index contributed by atoms with van der Waals surface area (Å²) in [6.07, 6.45) is 0. The fourth-order valence-corrected chi connectivity index (χ4v) is 8.94. The lowest BCUT2D eigenvalue weighted by Gasteiger charge is -2.34. The van der Waals surface area contributed by atoms with Crippen LogP contribution < -0.4 is 4.90 Å². The van der Waals surface area contributed by atoms with E-state index in [1.54, 1.807) is 0 Å². The Kier molecular flexibility index (Phi) is 5.83. The van der Waals surface area contributed by atoms with Crippen molar-refractivity contribution in [2.45, 2.75) is 0 Å². The van der Waals surface area contributed by atoms with E-state index < -0.39 is 0 Å². The summed E-state index contributed by atoms with van der Waals surface area (Å²) in [6, 6.07) is 59.0. The molecule has 2 aromatic heterocycles. The quantitative estimate of drug-likeness (QED) is 0.190. The maximum atomic E-state index is 5.33. The van der Waals surface area contributed by atoms with E-state index in [1.807, 2.05) is 11.3 Å². The number of rotatable bonds is 3. The topological polar surface area (TPSA) is 29.0 Å². The third kappa shape index (κ3) is 4.09. The molecule has 0 atom stereocenters. The van der Waals surface area contributed by atoms with Gasteiger partial charge in [0.15, 0.2) is 5.82 Å². The van der Waals surface area contributed by atoms with Crippen LogP contribution in [0.4, 0.5) is 17.1 Å². The minimum Gasteiger partial charge on any atom is -0.309 e. The number of hydrogen-bond donors (Lipinski definition) is 0. The van der Waals surface area contributed by atoms with Crippen LogP contribution in [-0.2, 0) is 0 Å². The maximum Gasteiger partial charge on any atom is 0.160 e. The van der Waals surface area contributed by atoms with Gasteiger partial charge >= 0.3 is 0 Å². The van der Waals surface area contributed by atoms with Crippen LogP contribution in [0.3, 0.4) is 0 Å². The van der Waals surface area contributed by atoms with Crippen molar-refractivity contribution in [1.82, 2.24) is 9.97 Å². The van der Waals surface area contributed by atoms with Gasteiger partial charge in [0.2, 0.25) is 0 Å². The predicted octanol–water partition coefficient (Wildman–Crippen LogP) is 13.1. The van der Waals surface area contributed by atoms with Crippen LogP contribution in [0.1, 0.15) is 0 Å². The van der Waals surface area contributed by atoms with E-state index in [0.717, 1.165) is 33.4 Å². The summed E-state index contributed by atoms with van der Waals surface area (Å²) in [5.41, 5.74) is 9.87. The van der Waals surface area contributed by atoms with Crippen molar-refractivity contribution in [2.75, 3.05) is 4.90 Å². The Morgan fingerprint density at radius 3 is 2.10 bits per heavy atom. The van der Waals surface area contributed by atoms with Crippen LogP contribution in [0.15, 0.2) is 164 Å². The minimum absolute atomic E-state index is 0.713. The Morgan fingerprint density at radius 1 is 0.440 bits per heavy atom. The molecule has 0 saturated carbocycles. The van der Waals surface area contributed by atoms with Crippen LogP contribution in [-0.4, -0.2) is 9.97 Å². The SMILES string of the molecule is c1cc(-c2nc(-c3ccc4sc5ccccc5c4c3)c3ccccc3n2)cc(N2c3cc4ccccc4cc3-c3cccc4cccc2c34)c1. The third-order valence-electron chi connectivity index (χ3n) is 10.1. The highest BCUT2D eigenvalue weighted by atomic mass is 32.1. The zero-order valence-electron chi connectivity index (χ0n) is 26.8. The molecule has 0 unspecified atom stereocenters. The highest BCUT2D eigenvalue weighted by Gasteiger charge is 2.27. The zero-order chi connectivity index (χ0) is 32.8. The summed E-state index contributed by atoms with van der Waals surface area (Å²) >= 11 is 1.84. The number of hydrogen-bond acceptors (Lipinski definition) is 4. The number of thiophene rings is 1. The minimum atomic E-state index is 0.713. The molecule has 0 amide bonds. The lowest BCUT2D eigenvalue weighted by Crippen LogP contribution is -2.15. The molecule has 10 aromatic rings. The van der Waals surface area contributed by atoms with Gasteiger partial charge in [-0.15, -0.1) is 11.3 Å². The monoisotopic (exact) mass is 653 g/mol. The molecule has 1 aliphatic heterocycles. The Hall–Kier alpha value is -6.36. The number of fused-ring (bicyclic) bond motifs is 7. The first-order valence-electron chi connectivity index (χ1n) is 16.9. The average Bonchev–Trinajstić information content (AvgIpc) is 3.55. The van der Waals surface area contributed by atoms with E-state index in [4.69, 9.17) is 9.97 Å². The fourth-order valence-electron chi connectivity index (χ4n) is 7.85. The largest absolute Gasteiger partial charge is 0.309 e. The van der Waals surface area contributed by atoms with Gasteiger partial charge in [-0.25, -0.2) is 9.97 Å². The zero-order valence-corrected chi connectivity index (χ0v) is 27.7. The first kappa shape index (κ1) is 27.6. The molecule has 0 N–H and O–H groups in total. The number of anilines is 3. The molecule has 0 saturated heterocycles. The molecule has 3 nitrogen and oxygen atoms in total. The molecule has 1 aliphatic rings. The van der Waals surface area contributed by atoms with Crippen molar-refractivity contribution in [3.8, 4) is 33.8 Å². The van der Waals surface area contributed by atoms with E-state index in [-0.39, 0.29) is 0 Å². The Labute approximate surface area is 292 Å². The molecule has 3 heterocycles. The maximum absolute atomic E-state index is 5.33. The molecule has 50 heavy (non-hydrogen) atoms. The summed E-state index contributed by atoms with van der Waals surface area (Å²) in [4.78, 5) is 12.9. The van der Waals surface area contributed by atoms with Crippen molar-refractivity contribution in [3.05, 3.63) is 164 Å². The number of aromatic nitrogens is 2. The normalized spacial score (nSPS) is 12.4. The van der Waals surface area contributed by atoms with Crippen LogP contribution in [0.5, 0.6) is 0 Å². The van der Waals surface area contributed by atoms with Gasteiger partial charge in [-0.2, -0.15) is 0 Å². The molecular formula is C46H27N3S. The number of benzene rings is 8. The molecule has 8 aromatic carbocycles. The van der Waals surface area contributed by atoms with Crippen LogP contribution in [0, 0.1) is 0 Å². The van der Waals surface area contributed by atoms with Gasteiger partial charge in [0.05, 0.1) is 22.6 Å². The second-order valence-electron chi connectivity index (χ2n) is 13.0. The second-order valence-corrected chi connectivity index (χ2v) is 14.1. The molecule has 0 spiro atoms. The van der Waals surface area contributed by atoms with Crippen molar-refractivity contribution in [1.29, 1.82) is 0 Å². The van der Waals surface area contributed by atoms with Crippen LogP contribution in [0.2, 0.25) is 0 Å². The van der Waals surface area contributed by atoms with Gasteiger partial charge in [0, 0.05) is 53.3 Å². The molecule has 11 rings (SSSR count). The molecular weight excluding hydrogens is 627 g/mol. The molecule has 0 fully saturated rings. The Balaban J connectivity index is 1.12. The summed E-state index contributed by atoms with van der Waals surface area (Å²) in [5, 5.41) is 8.55. The second kappa shape index (κ2) is 10.6. The van der Waals surface area contributed by atoms with E-state index in [2.05, 4.69) is 169 Å². The van der Waals surface area contributed by atoms with E-state index in [1.165, 1.54) is 64.2 Å². The number of nitrogens with zero attached hydrogens (tertiary/aromatic N) is 3. The lowest BCUT2D eigenvalue weighted by molar-refractivity contribution is 1.22. The highest BCUT2D eigenvalue weighted by molar-refractivity contribution is 7.25. The van der Waals surface area contributed by atoms with Crippen LogP contribution in [0.25, 0.3) is 86.4 Å². The van der Waals surface area contributed by atoms with E-state index >= 15 is 0 Å². The summed E-state index contributed by atoms with van der Waals surface area (Å²) in [7, 11) is 0. The third-order valence-corrected chi connectivity index (χ3v) is 11.3. The molecule has 4 heteroatoms. The molecule has 0 bridgehead atoms. The van der Waals surface area contributed by atoms with Crippen LogP contribution >= 0.6 is 11.3 Å². The summed E-state index contributed by atoms with van der Waals surface area (Å²) in [6.45, 7) is 0. The molecule has 232 valence electrons. The van der Waals surface area contributed by atoms with E-state index in [9.17, 15) is 0 Å². The standard InChI is InChI=1S/C46H27N3S/c1-2-11-30-27-41-37(25-29(30)10-1)35-18-8-12-28-13-9-20-40(44(28)35)49(41)33-15-7-14-32(24-33)46-47-39-19-5-3-17-36(39)45(48-46)31-22-23-43-38(26-31)34-16-4-6-21-42(34)50-43/h1-27H. The van der Waals surface area contributed by atoms with Crippen molar-refractivity contribution < 1.29 is 0 Å².